The molecule has 1 aromatic carbocycles. The summed E-state index contributed by atoms with van der Waals surface area (Å²) in [6.45, 7) is 0. The number of aromatic nitrogens is 3. The third-order valence-corrected chi connectivity index (χ3v) is 3.37. The summed E-state index contributed by atoms with van der Waals surface area (Å²) in [5.74, 6) is -0.287. The second kappa shape index (κ2) is 5.06. The fraction of sp³-hybridized carbons (Fsp3) is 0.0714. The van der Waals surface area contributed by atoms with Gasteiger partial charge in [0, 0.05) is 10.6 Å². The van der Waals surface area contributed by atoms with Crippen LogP contribution in [0, 0.1) is 0 Å². The number of nitrogens with zero attached hydrogens (tertiary/aromatic N) is 3. The van der Waals surface area contributed by atoms with E-state index >= 15 is 0 Å². The van der Waals surface area contributed by atoms with Crippen molar-refractivity contribution in [1.82, 2.24) is 14.6 Å². The van der Waals surface area contributed by atoms with Crippen molar-refractivity contribution >= 4 is 23.2 Å². The number of halogens is 1. The van der Waals surface area contributed by atoms with Gasteiger partial charge in [0.15, 0.2) is 11.4 Å². The molecule has 0 spiro atoms. The Morgan fingerprint density at radius 3 is 2.67 bits per heavy atom. The smallest absolute Gasteiger partial charge is 0.252 e. The number of fused-ring (bicyclic) bond motifs is 1. The molecule has 6 nitrogen and oxygen atoms in total. The van der Waals surface area contributed by atoms with Crippen LogP contribution in [-0.4, -0.2) is 27.6 Å². The Bertz CT molecular complexity index is 827. The van der Waals surface area contributed by atoms with Gasteiger partial charge in [-0.1, -0.05) is 23.7 Å². The molecule has 1 amide bonds. The monoisotopic (exact) mass is 302 g/mol. The average Bonchev–Trinajstić information content (AvgIpc) is 2.95. The molecular weight excluding hydrogens is 292 g/mol. The molecular formula is C14H11ClN4O2. The molecule has 0 bridgehead atoms. The largest absolute Gasteiger partial charge is 0.492 e. The van der Waals surface area contributed by atoms with Gasteiger partial charge < -0.3 is 10.5 Å². The van der Waals surface area contributed by atoms with Crippen molar-refractivity contribution in [2.75, 3.05) is 7.11 Å². The molecule has 0 unspecified atom stereocenters. The maximum atomic E-state index is 11.6. The number of amides is 1. The Hall–Kier alpha value is -2.60. The minimum absolute atomic E-state index is 0.253. The Balaban J connectivity index is 2.35. The summed E-state index contributed by atoms with van der Waals surface area (Å²) in [6, 6.07) is 8.81. The van der Waals surface area contributed by atoms with Gasteiger partial charge in [-0.2, -0.15) is 5.10 Å². The molecule has 3 aromatic rings. The molecule has 0 fully saturated rings. The molecule has 0 aliphatic carbocycles. The summed E-state index contributed by atoms with van der Waals surface area (Å²) in [5, 5.41) is 4.79. The fourth-order valence-corrected chi connectivity index (χ4v) is 2.29. The highest BCUT2D eigenvalue weighted by Crippen LogP contribution is 2.30. The second-order valence-corrected chi connectivity index (χ2v) is 4.78. The normalized spacial score (nSPS) is 10.8. The van der Waals surface area contributed by atoms with Gasteiger partial charge in [-0.15, -0.1) is 0 Å². The number of carbonyl (C=O) groups excluding carboxylic acids is 1. The minimum Gasteiger partial charge on any atom is -0.492 e. The number of ether oxygens (including phenoxy) is 1. The Kier molecular flexibility index (Phi) is 3.23. The molecule has 21 heavy (non-hydrogen) atoms. The van der Waals surface area contributed by atoms with E-state index in [0.29, 0.717) is 22.1 Å². The van der Waals surface area contributed by atoms with Crippen molar-refractivity contribution in [2.45, 2.75) is 0 Å². The van der Waals surface area contributed by atoms with Crippen molar-refractivity contribution in [3.8, 4) is 17.0 Å². The van der Waals surface area contributed by atoms with Crippen LogP contribution in [0.25, 0.3) is 16.9 Å². The summed E-state index contributed by atoms with van der Waals surface area (Å²) >= 11 is 5.90. The first-order valence-electron chi connectivity index (χ1n) is 6.08. The first-order valence-corrected chi connectivity index (χ1v) is 6.46. The molecule has 7 heteroatoms. The van der Waals surface area contributed by atoms with E-state index < -0.39 is 5.91 Å². The molecule has 2 aromatic heterocycles. The zero-order valence-electron chi connectivity index (χ0n) is 11.1. The molecule has 0 atom stereocenters. The highest BCUT2D eigenvalue weighted by atomic mass is 35.5. The number of primary amides is 1. The van der Waals surface area contributed by atoms with Gasteiger partial charge in [-0.3, -0.25) is 4.79 Å². The molecule has 3 rings (SSSR count). The number of benzene rings is 1. The summed E-state index contributed by atoms with van der Waals surface area (Å²) in [5.41, 5.74) is 7.61. The van der Waals surface area contributed by atoms with Gasteiger partial charge in [-0.25, -0.2) is 9.50 Å². The van der Waals surface area contributed by atoms with Crippen molar-refractivity contribution in [3.05, 3.63) is 47.2 Å². The van der Waals surface area contributed by atoms with Crippen LogP contribution in [0.1, 0.15) is 10.4 Å². The van der Waals surface area contributed by atoms with E-state index in [2.05, 4.69) is 10.1 Å². The lowest BCUT2D eigenvalue weighted by molar-refractivity contribution is 0.0997. The van der Waals surface area contributed by atoms with E-state index in [-0.39, 0.29) is 5.56 Å². The molecule has 0 saturated carbocycles. The fourth-order valence-electron chi connectivity index (χ4n) is 2.17. The van der Waals surface area contributed by atoms with Crippen molar-refractivity contribution < 1.29 is 9.53 Å². The second-order valence-electron chi connectivity index (χ2n) is 4.34. The number of carbonyl (C=O) groups is 1. The summed E-state index contributed by atoms with van der Waals surface area (Å²) < 4.78 is 6.83. The standard InChI is InChI=1S/C14H11ClN4O2/c1-21-12-10(13(16)20)6-11(19-14(12)17-7-18-19)8-2-4-9(15)5-3-8/h2-7H,1H3,(H2,16,20). The maximum Gasteiger partial charge on any atom is 0.252 e. The van der Waals surface area contributed by atoms with E-state index in [1.165, 1.54) is 13.4 Å². The number of hydrogen-bond donors (Lipinski definition) is 1. The van der Waals surface area contributed by atoms with Crippen molar-refractivity contribution in [2.24, 2.45) is 5.73 Å². The molecule has 106 valence electrons. The summed E-state index contributed by atoms with van der Waals surface area (Å²) in [6.07, 6.45) is 1.39. The van der Waals surface area contributed by atoms with Crippen LogP contribution in [0.4, 0.5) is 0 Å². The van der Waals surface area contributed by atoms with Gasteiger partial charge in [0.05, 0.1) is 18.4 Å². The molecule has 0 radical (unpaired) electrons. The highest BCUT2D eigenvalue weighted by Gasteiger charge is 2.19. The number of rotatable bonds is 3. The molecule has 2 heterocycles. The first-order chi connectivity index (χ1) is 10.1. The van der Waals surface area contributed by atoms with Crippen LogP contribution in [0.3, 0.4) is 0 Å². The van der Waals surface area contributed by atoms with Gasteiger partial charge in [0.2, 0.25) is 0 Å². The van der Waals surface area contributed by atoms with Crippen LogP contribution in [0.5, 0.6) is 5.75 Å². The first kappa shape index (κ1) is 13.4. The zero-order valence-corrected chi connectivity index (χ0v) is 11.8. The number of pyridine rings is 1. The average molecular weight is 303 g/mol. The topological polar surface area (TPSA) is 82.5 Å². The van der Waals surface area contributed by atoms with E-state index in [9.17, 15) is 4.79 Å². The Morgan fingerprint density at radius 2 is 2.05 bits per heavy atom. The van der Waals surface area contributed by atoms with Crippen LogP contribution in [0.2, 0.25) is 5.02 Å². The van der Waals surface area contributed by atoms with E-state index in [1.807, 2.05) is 12.1 Å². The van der Waals surface area contributed by atoms with Crippen LogP contribution >= 0.6 is 11.6 Å². The van der Waals surface area contributed by atoms with Crippen LogP contribution < -0.4 is 10.5 Å². The maximum absolute atomic E-state index is 11.6. The van der Waals surface area contributed by atoms with E-state index in [4.69, 9.17) is 22.1 Å². The SMILES string of the molecule is COc1c(C(N)=O)cc(-c2ccc(Cl)cc2)n2ncnc12. The van der Waals surface area contributed by atoms with Gasteiger partial charge >= 0.3 is 0 Å². The molecule has 0 saturated heterocycles. The number of hydrogen-bond acceptors (Lipinski definition) is 4. The van der Waals surface area contributed by atoms with Crippen LogP contribution in [0.15, 0.2) is 36.7 Å². The summed E-state index contributed by atoms with van der Waals surface area (Å²) in [7, 11) is 1.46. The van der Waals surface area contributed by atoms with Gasteiger partial charge in [0.25, 0.3) is 5.91 Å². The lowest BCUT2D eigenvalue weighted by atomic mass is 10.1. The van der Waals surface area contributed by atoms with Crippen LogP contribution in [-0.2, 0) is 0 Å². The van der Waals surface area contributed by atoms with E-state index in [1.54, 1.807) is 22.7 Å². The quantitative estimate of drug-likeness (QED) is 0.803. The Labute approximate surface area is 125 Å². The molecule has 0 aliphatic rings. The van der Waals surface area contributed by atoms with Crippen molar-refractivity contribution in [1.29, 1.82) is 0 Å². The number of nitrogens with two attached hydrogens (primary N) is 1. The Morgan fingerprint density at radius 1 is 1.33 bits per heavy atom. The van der Waals surface area contributed by atoms with E-state index in [0.717, 1.165) is 5.56 Å². The summed E-state index contributed by atoms with van der Waals surface area (Å²) in [4.78, 5) is 15.8. The molecule has 2 N–H and O–H groups in total. The lowest BCUT2D eigenvalue weighted by Gasteiger charge is -2.11. The van der Waals surface area contributed by atoms with Crippen molar-refractivity contribution in [3.63, 3.8) is 0 Å². The number of methoxy groups -OCH3 is 1. The molecule has 0 aliphatic heterocycles. The highest BCUT2D eigenvalue weighted by molar-refractivity contribution is 6.30. The third-order valence-electron chi connectivity index (χ3n) is 3.11. The zero-order chi connectivity index (χ0) is 15.0. The predicted octanol–water partition coefficient (Wildman–Crippen LogP) is 2.16. The predicted molar refractivity (Wildman–Crippen MR) is 78.5 cm³/mol. The minimum atomic E-state index is -0.590. The van der Waals surface area contributed by atoms with Gasteiger partial charge in [0.1, 0.15) is 6.33 Å². The third kappa shape index (κ3) is 2.19. The van der Waals surface area contributed by atoms with Gasteiger partial charge in [-0.05, 0) is 18.2 Å². The lowest BCUT2D eigenvalue weighted by Crippen LogP contribution is -2.14.